The number of aryl methyl sites for hydroxylation is 2. The summed E-state index contributed by atoms with van der Waals surface area (Å²) in [6.07, 6.45) is 0. The van der Waals surface area contributed by atoms with Crippen molar-refractivity contribution in [1.82, 2.24) is 19.6 Å². The number of nitrogens with zero attached hydrogens (tertiary/aromatic N) is 4. The highest BCUT2D eigenvalue weighted by atomic mass is 19.1. The largest absolute Gasteiger partial charge is 0.325 e. The minimum atomic E-state index is -0.336. The summed E-state index contributed by atoms with van der Waals surface area (Å²) in [5, 5.41) is 10.0. The van der Waals surface area contributed by atoms with Gasteiger partial charge >= 0.3 is 0 Å². The van der Waals surface area contributed by atoms with Crippen molar-refractivity contribution in [3.05, 3.63) is 41.5 Å². The van der Waals surface area contributed by atoms with Crippen LogP contribution in [-0.4, -0.2) is 70.7 Å². The second kappa shape index (κ2) is 9.15. The summed E-state index contributed by atoms with van der Waals surface area (Å²) in [5.74, 6) is -0.533. The summed E-state index contributed by atoms with van der Waals surface area (Å²) in [4.78, 5) is 28.7. The number of hydrogen-bond donors (Lipinski definition) is 2. The Bertz CT molecular complexity index is 872. The molecule has 2 N–H and O–H groups in total. The number of piperazine rings is 1. The van der Waals surface area contributed by atoms with Gasteiger partial charge in [0, 0.05) is 38.9 Å². The van der Waals surface area contributed by atoms with E-state index in [9.17, 15) is 14.0 Å². The fourth-order valence-corrected chi connectivity index (χ4v) is 3.38. The standard InChI is InChI=1S/C20H27FN6O2/c1-14-20(15(2)25(3)24-14)23-19(29)13-27-10-8-26(9-11-27)12-18(28)22-17-6-4-16(21)5-7-17/h4-7H,8-13H2,1-3H3,(H,22,28)(H,23,29). The van der Waals surface area contributed by atoms with Crippen LogP contribution < -0.4 is 10.6 Å². The van der Waals surface area contributed by atoms with Crippen LogP contribution in [-0.2, 0) is 16.6 Å². The summed E-state index contributed by atoms with van der Waals surface area (Å²) >= 11 is 0. The topological polar surface area (TPSA) is 82.5 Å². The van der Waals surface area contributed by atoms with Gasteiger partial charge in [-0.2, -0.15) is 5.10 Å². The predicted molar refractivity (Wildman–Crippen MR) is 109 cm³/mol. The lowest BCUT2D eigenvalue weighted by Gasteiger charge is -2.33. The van der Waals surface area contributed by atoms with Gasteiger partial charge in [0.1, 0.15) is 5.82 Å². The van der Waals surface area contributed by atoms with Gasteiger partial charge in [0.25, 0.3) is 0 Å². The van der Waals surface area contributed by atoms with Crippen LogP contribution in [0.2, 0.25) is 0 Å². The van der Waals surface area contributed by atoms with Crippen molar-refractivity contribution in [2.75, 3.05) is 49.9 Å². The molecule has 1 aromatic heterocycles. The minimum absolute atomic E-state index is 0.0632. The molecule has 0 unspecified atom stereocenters. The number of aromatic nitrogens is 2. The number of nitrogens with one attached hydrogen (secondary N) is 2. The van der Waals surface area contributed by atoms with Crippen LogP contribution in [0, 0.1) is 19.7 Å². The number of hydrogen-bond acceptors (Lipinski definition) is 5. The summed E-state index contributed by atoms with van der Waals surface area (Å²) < 4.78 is 14.7. The third-order valence-corrected chi connectivity index (χ3v) is 5.10. The Kier molecular flexibility index (Phi) is 6.60. The normalized spacial score (nSPS) is 15.3. The first kappa shape index (κ1) is 20.9. The predicted octanol–water partition coefficient (Wildman–Crippen LogP) is 1.37. The van der Waals surface area contributed by atoms with Crippen LogP contribution in [0.15, 0.2) is 24.3 Å². The molecule has 0 saturated carbocycles. The van der Waals surface area contributed by atoms with Gasteiger partial charge in [-0.15, -0.1) is 0 Å². The van der Waals surface area contributed by atoms with E-state index < -0.39 is 0 Å². The molecule has 1 aromatic carbocycles. The zero-order valence-corrected chi connectivity index (χ0v) is 17.0. The van der Waals surface area contributed by atoms with Crippen molar-refractivity contribution in [1.29, 1.82) is 0 Å². The smallest absolute Gasteiger partial charge is 0.238 e. The van der Waals surface area contributed by atoms with E-state index >= 15 is 0 Å². The Morgan fingerprint density at radius 3 is 1.97 bits per heavy atom. The van der Waals surface area contributed by atoms with E-state index in [1.54, 1.807) is 4.68 Å². The number of carbonyl (C=O) groups excluding carboxylic acids is 2. The van der Waals surface area contributed by atoms with Gasteiger partial charge in [0.15, 0.2) is 0 Å². The molecule has 0 spiro atoms. The third-order valence-electron chi connectivity index (χ3n) is 5.10. The highest BCUT2D eigenvalue weighted by molar-refractivity contribution is 5.93. The van der Waals surface area contributed by atoms with Gasteiger partial charge in [0.2, 0.25) is 11.8 Å². The highest BCUT2D eigenvalue weighted by Crippen LogP contribution is 2.18. The Morgan fingerprint density at radius 2 is 1.48 bits per heavy atom. The van der Waals surface area contributed by atoms with Crippen LogP contribution in [0.3, 0.4) is 0 Å². The first-order valence-corrected chi connectivity index (χ1v) is 9.62. The van der Waals surface area contributed by atoms with Gasteiger partial charge in [-0.3, -0.25) is 24.1 Å². The van der Waals surface area contributed by atoms with E-state index in [4.69, 9.17) is 0 Å². The van der Waals surface area contributed by atoms with E-state index in [1.165, 1.54) is 24.3 Å². The summed E-state index contributed by atoms with van der Waals surface area (Å²) in [6.45, 7) is 7.20. The summed E-state index contributed by atoms with van der Waals surface area (Å²) in [7, 11) is 1.85. The number of anilines is 2. The average molecular weight is 402 g/mol. The van der Waals surface area contributed by atoms with Crippen molar-refractivity contribution < 1.29 is 14.0 Å². The van der Waals surface area contributed by atoms with Crippen LogP contribution >= 0.6 is 0 Å². The van der Waals surface area contributed by atoms with Crippen LogP contribution in [0.25, 0.3) is 0 Å². The fraction of sp³-hybridized carbons (Fsp3) is 0.450. The van der Waals surface area contributed by atoms with Crippen LogP contribution in [0.1, 0.15) is 11.4 Å². The van der Waals surface area contributed by atoms with E-state index in [-0.39, 0.29) is 24.2 Å². The lowest BCUT2D eigenvalue weighted by Crippen LogP contribution is -2.50. The van der Waals surface area contributed by atoms with Gasteiger partial charge in [0.05, 0.1) is 30.2 Å². The molecular formula is C20H27FN6O2. The van der Waals surface area contributed by atoms with Crippen LogP contribution in [0.5, 0.6) is 0 Å². The van der Waals surface area contributed by atoms with Crippen molar-refractivity contribution in [3.63, 3.8) is 0 Å². The molecular weight excluding hydrogens is 375 g/mol. The average Bonchev–Trinajstić information content (AvgIpc) is 2.91. The Balaban J connectivity index is 1.41. The number of benzene rings is 1. The number of rotatable bonds is 6. The third kappa shape index (κ3) is 5.61. The Labute approximate surface area is 169 Å². The first-order valence-electron chi connectivity index (χ1n) is 9.62. The van der Waals surface area contributed by atoms with Crippen LogP contribution in [0.4, 0.5) is 15.8 Å². The molecule has 8 nitrogen and oxygen atoms in total. The van der Waals surface area contributed by atoms with E-state index in [0.29, 0.717) is 38.4 Å². The second-order valence-corrected chi connectivity index (χ2v) is 7.32. The molecule has 0 bridgehead atoms. The lowest BCUT2D eigenvalue weighted by atomic mass is 10.2. The molecule has 2 heterocycles. The van der Waals surface area contributed by atoms with E-state index in [2.05, 4.69) is 20.6 Å². The van der Waals surface area contributed by atoms with Gasteiger partial charge in [-0.1, -0.05) is 0 Å². The summed E-state index contributed by atoms with van der Waals surface area (Å²) in [6, 6.07) is 5.70. The van der Waals surface area contributed by atoms with E-state index in [0.717, 1.165) is 17.1 Å². The molecule has 0 atom stereocenters. The molecule has 0 radical (unpaired) electrons. The molecule has 0 aliphatic carbocycles. The molecule has 1 aliphatic heterocycles. The lowest BCUT2D eigenvalue weighted by molar-refractivity contribution is -0.120. The molecule has 1 aliphatic rings. The maximum absolute atomic E-state index is 12.9. The van der Waals surface area contributed by atoms with Gasteiger partial charge in [-0.25, -0.2) is 4.39 Å². The first-order chi connectivity index (χ1) is 13.8. The quantitative estimate of drug-likeness (QED) is 0.763. The maximum Gasteiger partial charge on any atom is 0.238 e. The zero-order valence-electron chi connectivity index (χ0n) is 17.0. The molecule has 1 fully saturated rings. The Hall–Kier alpha value is -2.78. The maximum atomic E-state index is 12.9. The number of carbonyl (C=O) groups is 2. The van der Waals surface area contributed by atoms with Gasteiger partial charge in [-0.05, 0) is 38.1 Å². The van der Waals surface area contributed by atoms with Crippen molar-refractivity contribution in [2.45, 2.75) is 13.8 Å². The zero-order chi connectivity index (χ0) is 21.0. The van der Waals surface area contributed by atoms with Gasteiger partial charge < -0.3 is 10.6 Å². The molecule has 156 valence electrons. The minimum Gasteiger partial charge on any atom is -0.325 e. The number of halogens is 1. The van der Waals surface area contributed by atoms with Crippen molar-refractivity contribution >= 4 is 23.2 Å². The SMILES string of the molecule is Cc1nn(C)c(C)c1NC(=O)CN1CCN(CC(=O)Nc2ccc(F)cc2)CC1. The molecule has 1 saturated heterocycles. The second-order valence-electron chi connectivity index (χ2n) is 7.32. The highest BCUT2D eigenvalue weighted by Gasteiger charge is 2.21. The van der Waals surface area contributed by atoms with Crippen molar-refractivity contribution in [2.24, 2.45) is 7.05 Å². The molecule has 2 amide bonds. The molecule has 9 heteroatoms. The van der Waals surface area contributed by atoms with Crippen molar-refractivity contribution in [3.8, 4) is 0 Å². The monoisotopic (exact) mass is 402 g/mol. The molecule has 2 aromatic rings. The molecule has 29 heavy (non-hydrogen) atoms. The number of amides is 2. The molecule has 3 rings (SSSR count). The fourth-order valence-electron chi connectivity index (χ4n) is 3.38. The summed E-state index contributed by atoms with van der Waals surface area (Å²) in [5.41, 5.74) is 3.07. The Morgan fingerprint density at radius 1 is 0.966 bits per heavy atom. The van der Waals surface area contributed by atoms with E-state index in [1.807, 2.05) is 25.8 Å².